The molecule has 0 aliphatic rings. The van der Waals surface area contributed by atoms with Crippen molar-refractivity contribution in [1.29, 1.82) is 0 Å². The Morgan fingerprint density at radius 1 is 0.806 bits per heavy atom. The molecule has 3 rings (SSSR count). The average molecular weight is 503 g/mol. The van der Waals surface area contributed by atoms with Crippen LogP contribution in [0.4, 0.5) is 13.2 Å². The fourth-order valence-corrected chi connectivity index (χ4v) is 3.37. The maximum Gasteiger partial charge on any atom is 0.573 e. The van der Waals surface area contributed by atoms with E-state index in [-0.39, 0.29) is 31.0 Å². The molecule has 0 spiro atoms. The molecule has 0 saturated carbocycles. The van der Waals surface area contributed by atoms with Crippen LogP contribution >= 0.6 is 0 Å². The van der Waals surface area contributed by atoms with E-state index in [1.165, 1.54) is 29.8 Å². The first-order valence-corrected chi connectivity index (χ1v) is 11.5. The van der Waals surface area contributed by atoms with Crippen LogP contribution < -0.4 is 14.2 Å². The molecule has 0 aliphatic carbocycles. The average Bonchev–Trinajstić information content (AvgIpc) is 2.81. The minimum absolute atomic E-state index is 0.0303. The standard InChI is InChI=1S/C28H29F3O5/c1-5-33-26(32)18-35-24-15-10-21(20-8-13-23(14-9-20)36-28(29,30)31)16-25(24)34-17-19-6-11-22(12-7-19)27(2,3)4/h6-16H,5,17-18H2,1-4H3. The van der Waals surface area contributed by atoms with Gasteiger partial charge in [-0.05, 0) is 58.9 Å². The Bertz CT molecular complexity index is 1150. The third-order valence-corrected chi connectivity index (χ3v) is 5.23. The van der Waals surface area contributed by atoms with E-state index in [4.69, 9.17) is 14.2 Å². The molecule has 0 unspecified atom stereocenters. The monoisotopic (exact) mass is 502 g/mol. The molecule has 8 heteroatoms. The van der Waals surface area contributed by atoms with Gasteiger partial charge in [0.15, 0.2) is 18.1 Å². The molecule has 0 fully saturated rings. The Labute approximate surface area is 208 Å². The van der Waals surface area contributed by atoms with Crippen molar-refractivity contribution in [1.82, 2.24) is 0 Å². The van der Waals surface area contributed by atoms with Gasteiger partial charge in [0.05, 0.1) is 6.61 Å². The van der Waals surface area contributed by atoms with Crippen LogP contribution in [-0.2, 0) is 21.6 Å². The highest BCUT2D eigenvalue weighted by atomic mass is 19.4. The second-order valence-electron chi connectivity index (χ2n) is 9.06. The summed E-state index contributed by atoms with van der Waals surface area (Å²) in [5.74, 6) is -0.0937. The van der Waals surface area contributed by atoms with Crippen LogP contribution in [0.25, 0.3) is 11.1 Å². The topological polar surface area (TPSA) is 54.0 Å². The maximum absolute atomic E-state index is 12.5. The van der Waals surface area contributed by atoms with Crippen molar-refractivity contribution in [3.8, 4) is 28.4 Å². The number of hydrogen-bond donors (Lipinski definition) is 0. The molecule has 3 aromatic carbocycles. The molecule has 192 valence electrons. The highest BCUT2D eigenvalue weighted by Gasteiger charge is 2.31. The number of rotatable bonds is 9. The molecule has 0 heterocycles. The number of benzene rings is 3. The van der Waals surface area contributed by atoms with Crippen LogP contribution in [0.2, 0.25) is 0 Å². The van der Waals surface area contributed by atoms with Gasteiger partial charge in [-0.2, -0.15) is 0 Å². The van der Waals surface area contributed by atoms with Gasteiger partial charge in [0.2, 0.25) is 0 Å². The fourth-order valence-electron chi connectivity index (χ4n) is 3.37. The predicted octanol–water partition coefficient (Wildman–Crippen LogP) is 7.07. The molecule has 0 atom stereocenters. The molecular formula is C28H29F3O5. The minimum Gasteiger partial charge on any atom is -0.485 e. The van der Waals surface area contributed by atoms with E-state index in [1.54, 1.807) is 25.1 Å². The van der Waals surface area contributed by atoms with Gasteiger partial charge in [-0.25, -0.2) is 4.79 Å². The SMILES string of the molecule is CCOC(=O)COc1ccc(-c2ccc(OC(F)(F)F)cc2)cc1OCc1ccc(C(C)(C)C)cc1. The summed E-state index contributed by atoms with van der Waals surface area (Å²) in [5, 5.41) is 0. The molecule has 0 aromatic heterocycles. The fraction of sp³-hybridized carbons (Fsp3) is 0.321. The van der Waals surface area contributed by atoms with Crippen molar-refractivity contribution in [3.05, 3.63) is 77.9 Å². The lowest BCUT2D eigenvalue weighted by atomic mass is 9.87. The largest absolute Gasteiger partial charge is 0.573 e. The van der Waals surface area contributed by atoms with Gasteiger partial charge in [0, 0.05) is 0 Å². The number of carbonyl (C=O) groups excluding carboxylic acids is 1. The summed E-state index contributed by atoms with van der Waals surface area (Å²) in [6.45, 7) is 8.33. The Balaban J connectivity index is 1.82. The summed E-state index contributed by atoms with van der Waals surface area (Å²) in [4.78, 5) is 11.8. The van der Waals surface area contributed by atoms with Crippen LogP contribution in [-0.4, -0.2) is 25.5 Å². The van der Waals surface area contributed by atoms with E-state index < -0.39 is 12.3 Å². The zero-order valence-electron chi connectivity index (χ0n) is 20.6. The number of ether oxygens (including phenoxy) is 4. The van der Waals surface area contributed by atoms with E-state index in [0.717, 1.165) is 5.56 Å². The van der Waals surface area contributed by atoms with E-state index in [2.05, 4.69) is 37.6 Å². The third kappa shape index (κ3) is 7.93. The van der Waals surface area contributed by atoms with Crippen LogP contribution in [0.1, 0.15) is 38.8 Å². The second kappa shape index (κ2) is 11.4. The number of alkyl halides is 3. The molecule has 5 nitrogen and oxygen atoms in total. The molecular weight excluding hydrogens is 473 g/mol. The van der Waals surface area contributed by atoms with E-state index in [0.29, 0.717) is 22.6 Å². The molecule has 0 aliphatic heterocycles. The quantitative estimate of drug-likeness (QED) is 0.293. The summed E-state index contributed by atoms with van der Waals surface area (Å²) < 4.78 is 57.9. The first-order chi connectivity index (χ1) is 16.9. The minimum atomic E-state index is -4.76. The van der Waals surface area contributed by atoms with Gasteiger partial charge < -0.3 is 18.9 Å². The highest BCUT2D eigenvalue weighted by Crippen LogP contribution is 2.35. The molecule has 0 N–H and O–H groups in total. The smallest absolute Gasteiger partial charge is 0.485 e. The summed E-state index contributed by atoms with van der Waals surface area (Å²) in [6.07, 6.45) is -4.76. The zero-order chi connectivity index (χ0) is 26.3. The van der Waals surface area contributed by atoms with Gasteiger partial charge in [0.25, 0.3) is 0 Å². The van der Waals surface area contributed by atoms with Crippen molar-refractivity contribution >= 4 is 5.97 Å². The predicted molar refractivity (Wildman–Crippen MR) is 130 cm³/mol. The molecule has 0 radical (unpaired) electrons. The molecule has 3 aromatic rings. The van der Waals surface area contributed by atoms with E-state index in [9.17, 15) is 18.0 Å². The Hall–Kier alpha value is -3.68. The summed E-state index contributed by atoms with van der Waals surface area (Å²) in [7, 11) is 0. The van der Waals surface area contributed by atoms with Crippen molar-refractivity contribution in [2.45, 2.75) is 46.1 Å². The van der Waals surface area contributed by atoms with Gasteiger partial charge in [-0.1, -0.05) is 63.2 Å². The lowest BCUT2D eigenvalue weighted by Crippen LogP contribution is -2.16. The van der Waals surface area contributed by atoms with Gasteiger partial charge in [-0.3, -0.25) is 0 Å². The number of halogens is 3. The number of hydrogen-bond acceptors (Lipinski definition) is 5. The lowest BCUT2D eigenvalue weighted by Gasteiger charge is -2.19. The van der Waals surface area contributed by atoms with E-state index >= 15 is 0 Å². The summed E-state index contributed by atoms with van der Waals surface area (Å²) in [5.41, 5.74) is 3.52. The van der Waals surface area contributed by atoms with Crippen LogP contribution in [0.15, 0.2) is 66.7 Å². The maximum atomic E-state index is 12.5. The zero-order valence-corrected chi connectivity index (χ0v) is 20.6. The van der Waals surface area contributed by atoms with Crippen LogP contribution in [0.3, 0.4) is 0 Å². The Morgan fingerprint density at radius 3 is 2.03 bits per heavy atom. The summed E-state index contributed by atoms with van der Waals surface area (Å²) >= 11 is 0. The highest BCUT2D eigenvalue weighted by molar-refractivity contribution is 5.72. The molecule has 0 saturated heterocycles. The number of esters is 1. The number of carbonyl (C=O) groups is 1. The first-order valence-electron chi connectivity index (χ1n) is 11.5. The molecule has 0 amide bonds. The van der Waals surface area contributed by atoms with E-state index in [1.807, 2.05) is 12.1 Å². The van der Waals surface area contributed by atoms with Crippen molar-refractivity contribution in [3.63, 3.8) is 0 Å². The third-order valence-electron chi connectivity index (χ3n) is 5.23. The van der Waals surface area contributed by atoms with Crippen molar-refractivity contribution in [2.75, 3.05) is 13.2 Å². The Morgan fingerprint density at radius 2 is 1.44 bits per heavy atom. The van der Waals surface area contributed by atoms with Gasteiger partial charge in [0.1, 0.15) is 12.4 Å². The van der Waals surface area contributed by atoms with Crippen LogP contribution in [0, 0.1) is 0 Å². The molecule has 0 bridgehead atoms. The lowest BCUT2D eigenvalue weighted by molar-refractivity contribution is -0.274. The summed E-state index contributed by atoms with van der Waals surface area (Å²) in [6, 6.07) is 18.7. The van der Waals surface area contributed by atoms with Crippen LogP contribution in [0.5, 0.6) is 17.2 Å². The second-order valence-corrected chi connectivity index (χ2v) is 9.06. The van der Waals surface area contributed by atoms with Gasteiger partial charge >= 0.3 is 12.3 Å². The van der Waals surface area contributed by atoms with Crippen molar-refractivity contribution in [2.24, 2.45) is 0 Å². The first kappa shape index (κ1) is 26.9. The normalized spacial score (nSPS) is 11.6. The van der Waals surface area contributed by atoms with Gasteiger partial charge in [-0.15, -0.1) is 13.2 Å². The van der Waals surface area contributed by atoms with Crippen molar-refractivity contribution < 1.29 is 36.9 Å². The molecule has 36 heavy (non-hydrogen) atoms. The Kier molecular flexibility index (Phi) is 8.50.